The van der Waals surface area contributed by atoms with Gasteiger partial charge < -0.3 is 4.90 Å². The highest BCUT2D eigenvalue weighted by atomic mass is 32.1. The lowest BCUT2D eigenvalue weighted by Crippen LogP contribution is -2.28. The van der Waals surface area contributed by atoms with Crippen molar-refractivity contribution in [2.24, 2.45) is 0 Å². The van der Waals surface area contributed by atoms with Gasteiger partial charge in [0, 0.05) is 11.3 Å². The van der Waals surface area contributed by atoms with Crippen molar-refractivity contribution in [1.82, 2.24) is 4.90 Å². The Balaban J connectivity index is 2.73. The maximum Gasteiger partial charge on any atom is 0.0419 e. The first-order valence-corrected chi connectivity index (χ1v) is 5.04. The zero-order valence-electron chi connectivity index (χ0n) is 8.44. The van der Waals surface area contributed by atoms with Crippen molar-refractivity contribution in [1.29, 1.82) is 0 Å². The van der Waals surface area contributed by atoms with E-state index in [-0.39, 0.29) is 5.25 Å². The summed E-state index contributed by atoms with van der Waals surface area (Å²) in [6, 6.07) is 10.8. The third-order valence-electron chi connectivity index (χ3n) is 2.41. The minimum atomic E-state index is 0.288. The minimum absolute atomic E-state index is 0.288. The number of nitrogens with zero attached hydrogens (tertiary/aromatic N) is 1. The third-order valence-corrected chi connectivity index (χ3v) is 3.14. The Hall–Kier alpha value is -0.470. The molecule has 1 rings (SSSR count). The van der Waals surface area contributed by atoms with Crippen LogP contribution in [0.3, 0.4) is 0 Å². The normalized spacial score (nSPS) is 15.8. The van der Waals surface area contributed by atoms with E-state index in [1.807, 2.05) is 6.07 Å². The zero-order chi connectivity index (χ0) is 9.84. The predicted octanol–water partition coefficient (Wildman–Crippen LogP) is 2.61. The van der Waals surface area contributed by atoms with Crippen molar-refractivity contribution in [2.45, 2.75) is 18.2 Å². The van der Waals surface area contributed by atoms with Crippen molar-refractivity contribution in [3.05, 3.63) is 35.9 Å². The van der Waals surface area contributed by atoms with E-state index in [4.69, 9.17) is 0 Å². The van der Waals surface area contributed by atoms with E-state index in [1.54, 1.807) is 0 Å². The molecule has 0 bridgehead atoms. The molecule has 0 aliphatic carbocycles. The van der Waals surface area contributed by atoms with Gasteiger partial charge in [0.1, 0.15) is 0 Å². The topological polar surface area (TPSA) is 3.24 Å². The Labute approximate surface area is 86.2 Å². The summed E-state index contributed by atoms with van der Waals surface area (Å²) < 4.78 is 0. The SMILES string of the molecule is C[C@@H]([C@@H](S)c1ccccc1)N(C)C. The molecule has 0 radical (unpaired) electrons. The molecule has 0 N–H and O–H groups in total. The molecular formula is C11H17NS. The van der Waals surface area contributed by atoms with Crippen LogP contribution in [0, 0.1) is 0 Å². The summed E-state index contributed by atoms with van der Waals surface area (Å²) in [5, 5.41) is 0.288. The summed E-state index contributed by atoms with van der Waals surface area (Å²) in [4.78, 5) is 2.19. The van der Waals surface area contributed by atoms with Crippen LogP contribution >= 0.6 is 12.6 Å². The highest BCUT2D eigenvalue weighted by Gasteiger charge is 2.16. The molecular weight excluding hydrogens is 178 g/mol. The molecule has 0 heterocycles. The van der Waals surface area contributed by atoms with Gasteiger partial charge in [-0.05, 0) is 26.6 Å². The first kappa shape index (κ1) is 10.6. The predicted molar refractivity (Wildman–Crippen MR) is 61.3 cm³/mol. The average Bonchev–Trinajstić information content (AvgIpc) is 2.17. The largest absolute Gasteiger partial charge is 0.305 e. The zero-order valence-corrected chi connectivity index (χ0v) is 9.33. The Morgan fingerprint density at radius 1 is 1.15 bits per heavy atom. The second-order valence-corrected chi connectivity index (χ2v) is 4.12. The summed E-state index contributed by atoms with van der Waals surface area (Å²) in [5.41, 5.74) is 1.28. The van der Waals surface area contributed by atoms with Crippen molar-refractivity contribution in [3.8, 4) is 0 Å². The fraction of sp³-hybridized carbons (Fsp3) is 0.455. The van der Waals surface area contributed by atoms with Gasteiger partial charge >= 0.3 is 0 Å². The number of hydrogen-bond acceptors (Lipinski definition) is 2. The summed E-state index contributed by atoms with van der Waals surface area (Å²) in [7, 11) is 4.16. The monoisotopic (exact) mass is 195 g/mol. The van der Waals surface area contributed by atoms with Gasteiger partial charge in [0.25, 0.3) is 0 Å². The van der Waals surface area contributed by atoms with E-state index in [0.717, 1.165) is 0 Å². The van der Waals surface area contributed by atoms with Gasteiger partial charge in [-0.25, -0.2) is 0 Å². The summed E-state index contributed by atoms with van der Waals surface area (Å²) in [6.45, 7) is 2.19. The molecule has 0 saturated carbocycles. The number of thiol groups is 1. The van der Waals surface area contributed by atoms with E-state index < -0.39 is 0 Å². The molecule has 1 aromatic rings. The van der Waals surface area contributed by atoms with Gasteiger partial charge in [-0.2, -0.15) is 12.6 Å². The van der Waals surface area contributed by atoms with Crippen molar-refractivity contribution in [2.75, 3.05) is 14.1 Å². The lowest BCUT2D eigenvalue weighted by molar-refractivity contribution is 0.309. The van der Waals surface area contributed by atoms with E-state index >= 15 is 0 Å². The molecule has 72 valence electrons. The molecule has 2 heteroatoms. The molecule has 2 atom stereocenters. The van der Waals surface area contributed by atoms with Gasteiger partial charge in [0.05, 0.1) is 0 Å². The molecule has 1 nitrogen and oxygen atoms in total. The highest BCUT2D eigenvalue weighted by molar-refractivity contribution is 7.80. The first-order valence-electron chi connectivity index (χ1n) is 4.52. The van der Waals surface area contributed by atoms with Crippen LogP contribution in [0.5, 0.6) is 0 Å². The van der Waals surface area contributed by atoms with Crippen molar-refractivity contribution < 1.29 is 0 Å². The number of hydrogen-bond donors (Lipinski definition) is 1. The molecule has 0 aromatic heterocycles. The summed E-state index contributed by atoms with van der Waals surface area (Å²) in [6.07, 6.45) is 0. The van der Waals surface area contributed by atoms with Crippen LogP contribution in [0.15, 0.2) is 30.3 Å². The molecule has 1 aromatic carbocycles. The van der Waals surface area contributed by atoms with Crippen LogP contribution in [-0.2, 0) is 0 Å². The number of benzene rings is 1. The Kier molecular flexibility index (Phi) is 3.82. The standard InChI is InChI=1S/C11H17NS/c1-9(12(2)3)11(13)10-7-5-4-6-8-10/h4-9,11,13H,1-3H3/t9-,11+/m0/s1. The Morgan fingerprint density at radius 2 is 1.69 bits per heavy atom. The highest BCUT2D eigenvalue weighted by Crippen LogP contribution is 2.25. The molecule has 13 heavy (non-hydrogen) atoms. The molecule has 0 unspecified atom stereocenters. The summed E-state index contributed by atoms with van der Waals surface area (Å²) >= 11 is 4.61. The van der Waals surface area contributed by atoms with Crippen LogP contribution in [0.25, 0.3) is 0 Å². The second kappa shape index (κ2) is 4.68. The van der Waals surface area contributed by atoms with Gasteiger partial charge in [-0.1, -0.05) is 30.3 Å². The first-order chi connectivity index (χ1) is 6.13. The van der Waals surface area contributed by atoms with E-state index in [9.17, 15) is 0 Å². The van der Waals surface area contributed by atoms with Crippen LogP contribution < -0.4 is 0 Å². The quantitative estimate of drug-likeness (QED) is 0.726. The number of likely N-dealkylation sites (N-methyl/N-ethyl adjacent to an activating group) is 1. The smallest absolute Gasteiger partial charge is 0.0419 e. The molecule has 0 amide bonds. The van der Waals surface area contributed by atoms with Gasteiger partial charge in [0.2, 0.25) is 0 Å². The fourth-order valence-electron chi connectivity index (χ4n) is 1.21. The van der Waals surface area contributed by atoms with Crippen molar-refractivity contribution in [3.63, 3.8) is 0 Å². The maximum atomic E-state index is 4.61. The molecule has 0 spiro atoms. The molecule has 0 aliphatic rings. The van der Waals surface area contributed by atoms with E-state index in [1.165, 1.54) is 5.56 Å². The van der Waals surface area contributed by atoms with Crippen LogP contribution in [0.4, 0.5) is 0 Å². The summed E-state index contributed by atoms with van der Waals surface area (Å²) in [5.74, 6) is 0. The second-order valence-electron chi connectivity index (χ2n) is 3.56. The van der Waals surface area contributed by atoms with Gasteiger partial charge in [-0.15, -0.1) is 0 Å². The third kappa shape index (κ3) is 2.75. The van der Waals surface area contributed by atoms with Crippen molar-refractivity contribution >= 4 is 12.6 Å². The van der Waals surface area contributed by atoms with E-state index in [0.29, 0.717) is 6.04 Å². The van der Waals surface area contributed by atoms with Crippen LogP contribution in [-0.4, -0.2) is 25.0 Å². The van der Waals surface area contributed by atoms with Crippen LogP contribution in [0.2, 0.25) is 0 Å². The Bertz CT molecular complexity index is 246. The van der Waals surface area contributed by atoms with Crippen LogP contribution in [0.1, 0.15) is 17.7 Å². The minimum Gasteiger partial charge on any atom is -0.305 e. The molecule has 0 fully saturated rings. The average molecular weight is 195 g/mol. The number of rotatable bonds is 3. The molecule has 0 aliphatic heterocycles. The fourth-order valence-corrected chi connectivity index (χ4v) is 1.65. The Morgan fingerprint density at radius 3 is 2.15 bits per heavy atom. The lowest BCUT2D eigenvalue weighted by atomic mass is 10.1. The lowest BCUT2D eigenvalue weighted by Gasteiger charge is -2.25. The molecule has 0 saturated heterocycles. The van der Waals surface area contributed by atoms with Gasteiger partial charge in [0.15, 0.2) is 0 Å². The van der Waals surface area contributed by atoms with E-state index in [2.05, 4.69) is 62.8 Å². The maximum absolute atomic E-state index is 4.61. The van der Waals surface area contributed by atoms with Gasteiger partial charge in [-0.3, -0.25) is 0 Å².